The molecule has 1 amide bonds. The number of hydrogen-bond donors (Lipinski definition) is 1. The second kappa shape index (κ2) is 5.41. The minimum atomic E-state index is -0.564. The topological polar surface area (TPSA) is 78.6 Å². The molecule has 0 unspecified atom stereocenters. The fraction of sp³-hybridized carbons (Fsp3) is 0.0667. The van der Waals surface area contributed by atoms with Crippen LogP contribution in [0.3, 0.4) is 0 Å². The van der Waals surface area contributed by atoms with Gasteiger partial charge in [-0.25, -0.2) is 0 Å². The fourth-order valence-electron chi connectivity index (χ4n) is 1.91. The zero-order valence-electron chi connectivity index (χ0n) is 10.9. The lowest BCUT2D eigenvalue weighted by molar-refractivity contribution is -0.119. The molecule has 0 aliphatic carbocycles. The summed E-state index contributed by atoms with van der Waals surface area (Å²) in [5, 5.41) is 1.93. The number of carbonyl (C=O) groups excluding carboxylic acids is 2. The SMILES string of the molecule is NC(=O)COc1ccc2c(c1)OC(=Cc1cccs1)C2=O. The number of hydrogen-bond acceptors (Lipinski definition) is 5. The molecule has 2 heterocycles. The zero-order valence-corrected chi connectivity index (χ0v) is 11.7. The fourth-order valence-corrected chi connectivity index (χ4v) is 2.56. The van der Waals surface area contributed by atoms with E-state index in [2.05, 4.69) is 0 Å². The molecule has 21 heavy (non-hydrogen) atoms. The first kappa shape index (κ1) is 13.4. The molecule has 1 aliphatic heterocycles. The van der Waals surface area contributed by atoms with Gasteiger partial charge in [0.15, 0.2) is 12.4 Å². The molecule has 0 saturated heterocycles. The maximum Gasteiger partial charge on any atom is 0.255 e. The Labute approximate surface area is 124 Å². The lowest BCUT2D eigenvalue weighted by atomic mass is 10.1. The number of allylic oxidation sites excluding steroid dienone is 1. The van der Waals surface area contributed by atoms with Crippen molar-refractivity contribution in [1.82, 2.24) is 0 Å². The van der Waals surface area contributed by atoms with Crippen molar-refractivity contribution in [2.75, 3.05) is 6.61 Å². The van der Waals surface area contributed by atoms with Gasteiger partial charge in [0.05, 0.1) is 5.56 Å². The molecule has 0 spiro atoms. The zero-order chi connectivity index (χ0) is 14.8. The molecule has 0 saturated carbocycles. The molecule has 0 radical (unpaired) electrons. The maximum atomic E-state index is 12.2. The van der Waals surface area contributed by atoms with Gasteiger partial charge in [0.1, 0.15) is 11.5 Å². The third-order valence-corrected chi connectivity index (χ3v) is 3.66. The Morgan fingerprint density at radius 1 is 1.38 bits per heavy atom. The number of primary amides is 1. The van der Waals surface area contributed by atoms with Crippen LogP contribution < -0.4 is 15.2 Å². The average Bonchev–Trinajstić information content (AvgIpc) is 3.06. The van der Waals surface area contributed by atoms with E-state index in [0.717, 1.165) is 4.88 Å². The highest BCUT2D eigenvalue weighted by atomic mass is 32.1. The van der Waals surface area contributed by atoms with Crippen LogP contribution in [-0.2, 0) is 4.79 Å². The Balaban J connectivity index is 1.84. The molecule has 106 valence electrons. The van der Waals surface area contributed by atoms with E-state index in [0.29, 0.717) is 17.1 Å². The Kier molecular flexibility index (Phi) is 3.45. The van der Waals surface area contributed by atoms with Gasteiger partial charge in [-0.2, -0.15) is 0 Å². The molecule has 3 rings (SSSR count). The van der Waals surface area contributed by atoms with Gasteiger partial charge < -0.3 is 15.2 Å². The largest absolute Gasteiger partial charge is 0.484 e. The minimum Gasteiger partial charge on any atom is -0.484 e. The van der Waals surface area contributed by atoms with Crippen LogP contribution in [0, 0.1) is 0 Å². The molecule has 0 atom stereocenters. The van der Waals surface area contributed by atoms with Crippen molar-refractivity contribution in [2.24, 2.45) is 5.73 Å². The molecule has 1 aromatic carbocycles. The monoisotopic (exact) mass is 301 g/mol. The van der Waals surface area contributed by atoms with Gasteiger partial charge in [0.2, 0.25) is 5.78 Å². The average molecular weight is 301 g/mol. The van der Waals surface area contributed by atoms with Gasteiger partial charge >= 0.3 is 0 Å². The first-order chi connectivity index (χ1) is 10.1. The third kappa shape index (κ3) is 2.80. The normalized spacial score (nSPS) is 14.9. The van der Waals surface area contributed by atoms with Crippen molar-refractivity contribution < 1.29 is 19.1 Å². The number of rotatable bonds is 4. The van der Waals surface area contributed by atoms with E-state index >= 15 is 0 Å². The molecular weight excluding hydrogens is 290 g/mol. The summed E-state index contributed by atoms with van der Waals surface area (Å²) in [5.74, 6) is 0.396. The van der Waals surface area contributed by atoms with Crippen molar-refractivity contribution in [2.45, 2.75) is 0 Å². The molecule has 2 N–H and O–H groups in total. The molecule has 1 aliphatic rings. The van der Waals surface area contributed by atoms with Gasteiger partial charge in [0.25, 0.3) is 5.91 Å². The predicted octanol–water partition coefficient (Wildman–Crippen LogP) is 2.23. The van der Waals surface area contributed by atoms with E-state index in [-0.39, 0.29) is 18.1 Å². The quantitative estimate of drug-likeness (QED) is 0.878. The lowest BCUT2D eigenvalue weighted by Gasteiger charge is -2.04. The van der Waals surface area contributed by atoms with Crippen LogP contribution >= 0.6 is 11.3 Å². The van der Waals surface area contributed by atoms with Crippen molar-refractivity contribution >= 4 is 29.1 Å². The summed E-state index contributed by atoms with van der Waals surface area (Å²) in [6, 6.07) is 8.60. The predicted molar refractivity (Wildman–Crippen MR) is 78.4 cm³/mol. The number of carbonyl (C=O) groups is 2. The number of nitrogens with two attached hydrogens (primary N) is 1. The van der Waals surface area contributed by atoms with Gasteiger partial charge in [-0.3, -0.25) is 9.59 Å². The number of ketones is 1. The summed E-state index contributed by atoms with van der Waals surface area (Å²) in [5.41, 5.74) is 5.49. The van der Waals surface area contributed by atoms with Gasteiger partial charge in [-0.15, -0.1) is 11.3 Å². The third-order valence-electron chi connectivity index (χ3n) is 2.84. The standard InChI is InChI=1S/C15H11NO4S/c16-14(17)8-19-9-3-4-11-12(6-9)20-13(15(11)18)7-10-2-1-5-21-10/h1-7H,8H2,(H2,16,17). The number of benzene rings is 1. The number of amides is 1. The van der Waals surface area contributed by atoms with Crippen LogP contribution in [0.5, 0.6) is 11.5 Å². The van der Waals surface area contributed by atoms with E-state index in [1.54, 1.807) is 24.3 Å². The van der Waals surface area contributed by atoms with Crippen molar-refractivity contribution in [1.29, 1.82) is 0 Å². The van der Waals surface area contributed by atoms with Gasteiger partial charge in [-0.1, -0.05) is 6.07 Å². The summed E-state index contributed by atoms with van der Waals surface area (Å²) in [6.45, 7) is -0.218. The molecule has 6 heteroatoms. The summed E-state index contributed by atoms with van der Waals surface area (Å²) >= 11 is 1.52. The number of Topliss-reactive ketones (excluding diaryl/α,β-unsaturated/α-hetero) is 1. The van der Waals surface area contributed by atoms with Crippen LogP contribution in [0.2, 0.25) is 0 Å². The van der Waals surface area contributed by atoms with Crippen LogP contribution in [0.1, 0.15) is 15.2 Å². The smallest absolute Gasteiger partial charge is 0.255 e. The van der Waals surface area contributed by atoms with Crippen LogP contribution in [0.15, 0.2) is 41.5 Å². The summed E-state index contributed by atoms with van der Waals surface area (Å²) in [7, 11) is 0. The number of thiophene rings is 1. The first-order valence-corrected chi connectivity index (χ1v) is 7.04. The highest BCUT2D eigenvalue weighted by Crippen LogP contribution is 2.35. The van der Waals surface area contributed by atoms with Crippen LogP contribution in [0.4, 0.5) is 0 Å². The Bertz CT molecular complexity index is 734. The number of fused-ring (bicyclic) bond motifs is 1. The summed E-state index contributed by atoms with van der Waals surface area (Å²) in [4.78, 5) is 23.8. The Hall–Kier alpha value is -2.60. The van der Waals surface area contributed by atoms with Crippen molar-refractivity contribution in [3.8, 4) is 11.5 Å². The summed E-state index contributed by atoms with van der Waals surface area (Å²) in [6.07, 6.45) is 1.71. The van der Waals surface area contributed by atoms with Crippen LogP contribution in [0.25, 0.3) is 6.08 Å². The molecule has 0 fully saturated rings. The van der Waals surface area contributed by atoms with Gasteiger partial charge in [0, 0.05) is 17.0 Å². The Morgan fingerprint density at radius 3 is 2.95 bits per heavy atom. The van der Waals surface area contributed by atoms with E-state index in [9.17, 15) is 9.59 Å². The van der Waals surface area contributed by atoms with Gasteiger partial charge in [-0.05, 0) is 23.6 Å². The highest BCUT2D eigenvalue weighted by molar-refractivity contribution is 7.10. The van der Waals surface area contributed by atoms with E-state index in [1.165, 1.54) is 11.3 Å². The molecule has 2 aromatic rings. The molecular formula is C15H11NO4S. The van der Waals surface area contributed by atoms with E-state index < -0.39 is 5.91 Å². The minimum absolute atomic E-state index is 0.167. The van der Waals surface area contributed by atoms with Crippen LogP contribution in [-0.4, -0.2) is 18.3 Å². The van der Waals surface area contributed by atoms with Crippen molar-refractivity contribution in [3.63, 3.8) is 0 Å². The molecule has 1 aromatic heterocycles. The highest BCUT2D eigenvalue weighted by Gasteiger charge is 2.27. The Morgan fingerprint density at radius 2 is 2.24 bits per heavy atom. The van der Waals surface area contributed by atoms with Crippen molar-refractivity contribution in [3.05, 3.63) is 51.9 Å². The second-order valence-corrected chi connectivity index (χ2v) is 5.35. The van der Waals surface area contributed by atoms with E-state index in [1.807, 2.05) is 17.5 Å². The first-order valence-electron chi connectivity index (χ1n) is 6.16. The second-order valence-electron chi connectivity index (χ2n) is 4.37. The number of ether oxygens (including phenoxy) is 2. The lowest BCUT2D eigenvalue weighted by Crippen LogP contribution is -2.19. The summed E-state index contributed by atoms with van der Waals surface area (Å²) < 4.78 is 10.7. The maximum absolute atomic E-state index is 12.2. The van der Waals surface area contributed by atoms with E-state index in [4.69, 9.17) is 15.2 Å². The molecule has 0 bridgehead atoms. The molecule has 5 nitrogen and oxygen atoms in total.